The molecular weight excluding hydrogens is 364 g/mol. The zero-order valence-corrected chi connectivity index (χ0v) is 15.4. The Hall–Kier alpha value is -4.19. The van der Waals surface area contributed by atoms with Gasteiger partial charge in [0.05, 0.1) is 11.9 Å². The van der Waals surface area contributed by atoms with Crippen molar-refractivity contribution in [2.24, 2.45) is 5.10 Å². The molecule has 1 aromatic heterocycles. The third-order valence-electron chi connectivity index (χ3n) is 4.11. The number of aromatic nitrogens is 2. The number of hydrogen-bond acceptors (Lipinski definition) is 4. The Bertz CT molecular complexity index is 1120. The third kappa shape index (κ3) is 4.75. The summed E-state index contributed by atoms with van der Waals surface area (Å²) in [7, 11) is 0. The van der Waals surface area contributed by atoms with E-state index in [1.54, 1.807) is 12.3 Å². The number of nitrogens with zero attached hydrogens (tertiary/aromatic N) is 2. The maximum atomic E-state index is 12.3. The van der Waals surface area contributed by atoms with Crippen LogP contribution in [0, 0.1) is 0 Å². The van der Waals surface area contributed by atoms with Gasteiger partial charge in [0, 0.05) is 5.56 Å². The monoisotopic (exact) mass is 382 g/mol. The molecule has 0 saturated heterocycles. The van der Waals surface area contributed by atoms with Crippen LogP contribution < -0.4 is 10.2 Å². The molecule has 0 unspecified atom stereocenters. The maximum absolute atomic E-state index is 12.3. The smallest absolute Gasteiger partial charge is 0.289 e. The average molecular weight is 382 g/mol. The molecule has 0 atom stereocenters. The van der Waals surface area contributed by atoms with Crippen LogP contribution in [0.5, 0.6) is 11.5 Å². The van der Waals surface area contributed by atoms with E-state index in [1.807, 2.05) is 84.9 Å². The van der Waals surface area contributed by atoms with Gasteiger partial charge in [-0.3, -0.25) is 9.89 Å². The predicted octanol–water partition coefficient (Wildman–Crippen LogP) is 4.63. The third-order valence-corrected chi connectivity index (χ3v) is 4.11. The van der Waals surface area contributed by atoms with E-state index in [9.17, 15) is 4.79 Å². The molecule has 4 aromatic rings. The molecule has 3 aromatic carbocycles. The highest BCUT2D eigenvalue weighted by atomic mass is 16.5. The number of carbonyl (C=O) groups excluding carboxylic acids is 1. The minimum Gasteiger partial charge on any atom is -0.457 e. The molecule has 0 spiro atoms. The number of nitrogens with one attached hydrogen (secondary N) is 2. The van der Waals surface area contributed by atoms with Gasteiger partial charge < -0.3 is 4.74 Å². The van der Waals surface area contributed by atoms with E-state index < -0.39 is 0 Å². The molecule has 6 nitrogen and oxygen atoms in total. The van der Waals surface area contributed by atoms with Gasteiger partial charge in [0.1, 0.15) is 17.2 Å². The number of hydrazone groups is 1. The van der Waals surface area contributed by atoms with Gasteiger partial charge in [-0.1, -0.05) is 60.7 Å². The van der Waals surface area contributed by atoms with Crippen LogP contribution >= 0.6 is 0 Å². The van der Waals surface area contributed by atoms with Gasteiger partial charge in [0.2, 0.25) is 0 Å². The van der Waals surface area contributed by atoms with Crippen LogP contribution in [-0.4, -0.2) is 22.3 Å². The molecule has 0 fully saturated rings. The Morgan fingerprint density at radius 1 is 0.897 bits per heavy atom. The van der Waals surface area contributed by atoms with Gasteiger partial charge >= 0.3 is 0 Å². The summed E-state index contributed by atoms with van der Waals surface area (Å²) in [5.74, 6) is 1.07. The van der Waals surface area contributed by atoms with Crippen LogP contribution in [0.4, 0.5) is 0 Å². The Labute approximate surface area is 167 Å². The first kappa shape index (κ1) is 18.2. The minimum atomic E-state index is -0.368. The van der Waals surface area contributed by atoms with Crippen LogP contribution in [0.1, 0.15) is 16.1 Å². The van der Waals surface area contributed by atoms with Gasteiger partial charge in [-0.25, -0.2) is 5.43 Å². The summed E-state index contributed by atoms with van der Waals surface area (Å²) >= 11 is 0. The molecule has 29 heavy (non-hydrogen) atoms. The second kappa shape index (κ2) is 8.67. The van der Waals surface area contributed by atoms with E-state index in [0.717, 1.165) is 16.9 Å². The number of carbonyl (C=O) groups is 1. The van der Waals surface area contributed by atoms with E-state index in [4.69, 9.17) is 4.74 Å². The van der Waals surface area contributed by atoms with Crippen molar-refractivity contribution in [1.82, 2.24) is 15.6 Å². The fourth-order valence-corrected chi connectivity index (χ4v) is 2.70. The zero-order valence-electron chi connectivity index (χ0n) is 15.4. The van der Waals surface area contributed by atoms with E-state index in [2.05, 4.69) is 20.7 Å². The summed E-state index contributed by atoms with van der Waals surface area (Å²) in [6, 6.07) is 28.3. The Morgan fingerprint density at radius 3 is 2.41 bits per heavy atom. The Morgan fingerprint density at radius 2 is 1.62 bits per heavy atom. The molecule has 0 aliphatic carbocycles. The molecule has 142 valence electrons. The average Bonchev–Trinajstić information content (AvgIpc) is 3.26. The number of rotatable bonds is 6. The topological polar surface area (TPSA) is 79.4 Å². The Balaban J connectivity index is 1.38. The van der Waals surface area contributed by atoms with Crippen molar-refractivity contribution in [2.75, 3.05) is 0 Å². The standard InChI is InChI=1S/C23H18N4O2/c28-23(22-15-21(25-26-22)18-9-3-1-4-10-18)27-24-16-17-8-7-13-20(14-17)29-19-11-5-2-6-12-19/h1-16H,(H,25,26)(H,27,28)/b24-16-. The number of hydrogen-bond donors (Lipinski definition) is 2. The predicted molar refractivity (Wildman–Crippen MR) is 112 cm³/mol. The number of aromatic amines is 1. The highest BCUT2D eigenvalue weighted by Gasteiger charge is 2.10. The second-order valence-electron chi connectivity index (χ2n) is 6.22. The summed E-state index contributed by atoms with van der Waals surface area (Å²) in [6.45, 7) is 0. The lowest BCUT2D eigenvalue weighted by atomic mass is 10.1. The molecule has 0 saturated carbocycles. The van der Waals surface area contributed by atoms with Crippen molar-refractivity contribution in [3.63, 3.8) is 0 Å². The van der Waals surface area contributed by atoms with Gasteiger partial charge in [0.15, 0.2) is 0 Å². The van der Waals surface area contributed by atoms with Crippen molar-refractivity contribution >= 4 is 12.1 Å². The lowest BCUT2D eigenvalue weighted by Gasteiger charge is -2.05. The molecule has 6 heteroatoms. The summed E-state index contributed by atoms with van der Waals surface area (Å²) in [5, 5.41) is 10.9. The van der Waals surface area contributed by atoms with Crippen LogP contribution in [0.15, 0.2) is 96.1 Å². The maximum Gasteiger partial charge on any atom is 0.289 e. The van der Waals surface area contributed by atoms with E-state index in [0.29, 0.717) is 17.1 Å². The molecule has 0 radical (unpaired) electrons. The van der Waals surface area contributed by atoms with Crippen molar-refractivity contribution in [3.05, 3.63) is 102 Å². The molecule has 0 aliphatic heterocycles. The molecular formula is C23H18N4O2. The molecule has 1 amide bonds. The molecule has 1 heterocycles. The first-order chi connectivity index (χ1) is 14.3. The van der Waals surface area contributed by atoms with Crippen molar-refractivity contribution in [3.8, 4) is 22.8 Å². The lowest BCUT2D eigenvalue weighted by molar-refractivity contribution is 0.0950. The van der Waals surface area contributed by atoms with Crippen molar-refractivity contribution in [2.45, 2.75) is 0 Å². The van der Waals surface area contributed by atoms with Crippen LogP contribution in [-0.2, 0) is 0 Å². The largest absolute Gasteiger partial charge is 0.457 e. The number of benzene rings is 3. The fourth-order valence-electron chi connectivity index (χ4n) is 2.70. The first-order valence-electron chi connectivity index (χ1n) is 9.05. The van der Waals surface area contributed by atoms with Crippen LogP contribution in [0.3, 0.4) is 0 Å². The van der Waals surface area contributed by atoms with Crippen LogP contribution in [0.25, 0.3) is 11.3 Å². The fraction of sp³-hybridized carbons (Fsp3) is 0. The van der Waals surface area contributed by atoms with Crippen LogP contribution in [0.2, 0.25) is 0 Å². The van der Waals surface area contributed by atoms with Gasteiger partial charge in [-0.05, 0) is 35.9 Å². The molecule has 0 aliphatic rings. The minimum absolute atomic E-state index is 0.335. The van der Waals surface area contributed by atoms with Gasteiger partial charge in [0.25, 0.3) is 5.91 Å². The Kier molecular flexibility index (Phi) is 5.43. The van der Waals surface area contributed by atoms with E-state index >= 15 is 0 Å². The summed E-state index contributed by atoms with van der Waals surface area (Å²) in [6.07, 6.45) is 1.56. The first-order valence-corrected chi connectivity index (χ1v) is 9.05. The molecule has 0 bridgehead atoms. The highest BCUT2D eigenvalue weighted by Crippen LogP contribution is 2.21. The number of para-hydroxylation sites is 1. The van der Waals surface area contributed by atoms with Gasteiger partial charge in [-0.15, -0.1) is 0 Å². The highest BCUT2D eigenvalue weighted by molar-refractivity contribution is 5.94. The SMILES string of the molecule is O=C(N/N=C\c1cccc(Oc2ccccc2)c1)c1cc(-c2ccccc2)n[nH]1. The number of amides is 1. The quantitative estimate of drug-likeness (QED) is 0.377. The summed E-state index contributed by atoms with van der Waals surface area (Å²) < 4.78 is 5.80. The van der Waals surface area contributed by atoms with Gasteiger partial charge in [-0.2, -0.15) is 10.2 Å². The lowest BCUT2D eigenvalue weighted by Crippen LogP contribution is -2.18. The van der Waals surface area contributed by atoms with E-state index in [-0.39, 0.29) is 5.91 Å². The number of H-pyrrole nitrogens is 1. The van der Waals surface area contributed by atoms with E-state index in [1.165, 1.54) is 0 Å². The van der Waals surface area contributed by atoms with Crippen molar-refractivity contribution in [1.29, 1.82) is 0 Å². The second-order valence-corrected chi connectivity index (χ2v) is 6.22. The summed E-state index contributed by atoms with van der Waals surface area (Å²) in [4.78, 5) is 12.3. The normalized spacial score (nSPS) is 10.8. The molecule has 4 rings (SSSR count). The summed E-state index contributed by atoms with van der Waals surface area (Å²) in [5.41, 5.74) is 5.27. The molecule has 2 N–H and O–H groups in total. The number of ether oxygens (including phenoxy) is 1. The van der Waals surface area contributed by atoms with Crippen molar-refractivity contribution < 1.29 is 9.53 Å². The zero-order chi connectivity index (χ0) is 19.9.